The lowest BCUT2D eigenvalue weighted by Crippen LogP contribution is -2.46. The first kappa shape index (κ1) is 17.6. The summed E-state index contributed by atoms with van der Waals surface area (Å²) in [6, 6.07) is 9.70. The summed E-state index contributed by atoms with van der Waals surface area (Å²) in [5.74, 6) is 1.01. The Kier molecular flexibility index (Phi) is 5.14. The quantitative estimate of drug-likeness (QED) is 0.900. The Morgan fingerprint density at radius 1 is 1.22 bits per heavy atom. The summed E-state index contributed by atoms with van der Waals surface area (Å²) in [5, 5.41) is 3.07. The number of ether oxygens (including phenoxy) is 1. The topological polar surface area (TPSA) is 71.8 Å². The van der Waals surface area contributed by atoms with Gasteiger partial charge in [-0.3, -0.25) is 9.59 Å². The van der Waals surface area contributed by atoms with Gasteiger partial charge in [-0.1, -0.05) is 18.2 Å². The summed E-state index contributed by atoms with van der Waals surface area (Å²) >= 11 is 0. The lowest BCUT2D eigenvalue weighted by atomic mass is 9.94. The highest BCUT2D eigenvalue weighted by Gasteiger charge is 2.30. The van der Waals surface area contributed by atoms with Crippen molar-refractivity contribution in [2.75, 3.05) is 26.2 Å². The summed E-state index contributed by atoms with van der Waals surface area (Å²) in [6.45, 7) is 2.35. The molecule has 2 atom stereocenters. The van der Waals surface area contributed by atoms with Crippen LogP contribution in [0.5, 0.6) is 5.75 Å². The number of amides is 2. The number of fused-ring (bicyclic) bond motifs is 1. The minimum atomic E-state index is -0.161. The van der Waals surface area contributed by atoms with Gasteiger partial charge in [-0.2, -0.15) is 0 Å². The number of piperidine rings is 1. The molecule has 1 aromatic carbocycles. The molecule has 142 valence electrons. The van der Waals surface area contributed by atoms with Crippen molar-refractivity contribution in [1.29, 1.82) is 0 Å². The molecule has 2 aromatic rings. The zero-order valence-corrected chi connectivity index (χ0v) is 15.2. The van der Waals surface area contributed by atoms with Crippen molar-refractivity contribution in [3.8, 4) is 5.75 Å². The Bertz CT molecular complexity index is 802. The molecule has 6 heteroatoms. The number of rotatable bonds is 4. The van der Waals surface area contributed by atoms with Gasteiger partial charge in [0.15, 0.2) is 0 Å². The van der Waals surface area contributed by atoms with Crippen LogP contribution in [0.25, 0.3) is 0 Å². The predicted molar refractivity (Wildman–Crippen MR) is 99.5 cm³/mol. The lowest BCUT2D eigenvalue weighted by molar-refractivity contribution is -0.126. The molecule has 0 bridgehead atoms. The number of benzene rings is 1. The second-order valence-electron chi connectivity index (χ2n) is 7.34. The van der Waals surface area contributed by atoms with Crippen molar-refractivity contribution in [3.05, 3.63) is 54.0 Å². The number of carbonyl (C=O) groups is 2. The third-order valence-electron chi connectivity index (χ3n) is 5.37. The minimum Gasteiger partial charge on any atom is -0.493 e. The fraction of sp³-hybridized carbons (Fsp3) is 0.429. The number of carbonyl (C=O) groups excluding carboxylic acids is 2. The van der Waals surface area contributed by atoms with Crippen LogP contribution < -0.4 is 10.1 Å². The Labute approximate surface area is 158 Å². The van der Waals surface area contributed by atoms with Crippen LogP contribution >= 0.6 is 0 Å². The van der Waals surface area contributed by atoms with E-state index in [0.717, 1.165) is 25.0 Å². The van der Waals surface area contributed by atoms with E-state index in [1.54, 1.807) is 11.0 Å². The molecule has 0 saturated carbocycles. The SMILES string of the molecule is O=C(NCC1COc2ccccc2C1)C1CCCN(C(=O)c2ccoc2)C1. The van der Waals surface area contributed by atoms with Crippen molar-refractivity contribution in [2.45, 2.75) is 19.3 Å². The molecule has 0 spiro atoms. The summed E-state index contributed by atoms with van der Waals surface area (Å²) in [5.41, 5.74) is 1.73. The minimum absolute atomic E-state index is 0.0264. The Balaban J connectivity index is 1.29. The maximum atomic E-state index is 12.6. The van der Waals surface area contributed by atoms with Crippen LogP contribution in [0, 0.1) is 11.8 Å². The molecule has 1 N–H and O–H groups in total. The normalized spacial score (nSPS) is 21.9. The second kappa shape index (κ2) is 7.86. The Morgan fingerprint density at radius 3 is 2.96 bits per heavy atom. The van der Waals surface area contributed by atoms with Crippen LogP contribution in [0.3, 0.4) is 0 Å². The van der Waals surface area contributed by atoms with Crippen molar-refractivity contribution in [1.82, 2.24) is 10.2 Å². The molecule has 1 fully saturated rings. The van der Waals surface area contributed by atoms with E-state index in [1.165, 1.54) is 18.1 Å². The van der Waals surface area contributed by atoms with E-state index in [-0.39, 0.29) is 23.7 Å². The number of likely N-dealkylation sites (tertiary alicyclic amines) is 1. The number of para-hydroxylation sites is 1. The lowest BCUT2D eigenvalue weighted by Gasteiger charge is -2.32. The van der Waals surface area contributed by atoms with Gasteiger partial charge in [0.05, 0.1) is 24.4 Å². The fourth-order valence-corrected chi connectivity index (χ4v) is 3.86. The monoisotopic (exact) mass is 368 g/mol. The van der Waals surface area contributed by atoms with Crippen LogP contribution in [-0.4, -0.2) is 43.0 Å². The van der Waals surface area contributed by atoms with Crippen LogP contribution in [0.4, 0.5) is 0 Å². The van der Waals surface area contributed by atoms with Crippen molar-refractivity contribution < 1.29 is 18.7 Å². The molecular weight excluding hydrogens is 344 g/mol. The van der Waals surface area contributed by atoms with E-state index in [2.05, 4.69) is 11.4 Å². The maximum absolute atomic E-state index is 12.6. The van der Waals surface area contributed by atoms with E-state index in [0.29, 0.717) is 31.8 Å². The maximum Gasteiger partial charge on any atom is 0.257 e. The van der Waals surface area contributed by atoms with Gasteiger partial charge >= 0.3 is 0 Å². The molecule has 0 radical (unpaired) electrons. The highest BCUT2D eigenvalue weighted by atomic mass is 16.5. The molecular formula is C21H24N2O4. The molecule has 27 heavy (non-hydrogen) atoms. The van der Waals surface area contributed by atoms with Crippen LogP contribution in [0.1, 0.15) is 28.8 Å². The van der Waals surface area contributed by atoms with Crippen LogP contribution in [0.2, 0.25) is 0 Å². The molecule has 1 saturated heterocycles. The summed E-state index contributed by atoms with van der Waals surface area (Å²) in [4.78, 5) is 26.8. The first-order chi connectivity index (χ1) is 13.2. The molecule has 4 rings (SSSR count). The van der Waals surface area contributed by atoms with Crippen LogP contribution in [0.15, 0.2) is 47.3 Å². The van der Waals surface area contributed by atoms with Crippen LogP contribution in [-0.2, 0) is 11.2 Å². The molecule has 2 unspecified atom stereocenters. The Hall–Kier alpha value is -2.76. The van der Waals surface area contributed by atoms with E-state index in [4.69, 9.17) is 9.15 Å². The van der Waals surface area contributed by atoms with Crippen molar-refractivity contribution in [2.24, 2.45) is 11.8 Å². The summed E-state index contributed by atoms with van der Waals surface area (Å²) < 4.78 is 10.8. The zero-order valence-electron chi connectivity index (χ0n) is 15.2. The first-order valence-electron chi connectivity index (χ1n) is 9.50. The van der Waals surface area contributed by atoms with Gasteiger partial charge in [-0.05, 0) is 37.0 Å². The second-order valence-corrected chi connectivity index (χ2v) is 7.34. The number of hydrogen-bond donors (Lipinski definition) is 1. The standard InChI is InChI=1S/C21H24N2O4/c24-20(22-11-15-10-16-4-1-2-6-19(16)27-13-15)17-5-3-8-23(12-17)21(25)18-7-9-26-14-18/h1-2,4,6-7,9,14-15,17H,3,5,8,10-13H2,(H,22,24). The van der Waals surface area contributed by atoms with Gasteiger partial charge in [0.1, 0.15) is 12.0 Å². The third-order valence-corrected chi connectivity index (χ3v) is 5.37. The smallest absolute Gasteiger partial charge is 0.257 e. The van der Waals surface area contributed by atoms with Gasteiger partial charge < -0.3 is 19.4 Å². The summed E-state index contributed by atoms with van der Waals surface area (Å²) in [7, 11) is 0. The van der Waals surface area contributed by atoms with Crippen molar-refractivity contribution >= 4 is 11.8 Å². The highest BCUT2D eigenvalue weighted by molar-refractivity contribution is 5.94. The average molecular weight is 368 g/mol. The molecule has 1 aromatic heterocycles. The summed E-state index contributed by atoms with van der Waals surface area (Å²) in [6.07, 6.45) is 5.50. The molecule has 2 amide bonds. The highest BCUT2D eigenvalue weighted by Crippen LogP contribution is 2.26. The molecule has 0 aliphatic carbocycles. The molecule has 3 heterocycles. The van der Waals surface area contributed by atoms with E-state index in [9.17, 15) is 9.59 Å². The van der Waals surface area contributed by atoms with Crippen molar-refractivity contribution in [3.63, 3.8) is 0 Å². The predicted octanol–water partition coefficient (Wildman–Crippen LogP) is 2.50. The number of nitrogens with one attached hydrogen (secondary N) is 1. The third kappa shape index (κ3) is 3.99. The molecule has 2 aliphatic rings. The number of nitrogens with zero attached hydrogens (tertiary/aromatic N) is 1. The number of hydrogen-bond acceptors (Lipinski definition) is 4. The van der Waals surface area contributed by atoms with Gasteiger partial charge in [0.25, 0.3) is 5.91 Å². The van der Waals surface area contributed by atoms with Gasteiger partial charge in [0, 0.05) is 25.6 Å². The van der Waals surface area contributed by atoms with E-state index in [1.807, 2.05) is 18.2 Å². The first-order valence-corrected chi connectivity index (χ1v) is 9.50. The van der Waals surface area contributed by atoms with Gasteiger partial charge in [0.2, 0.25) is 5.91 Å². The largest absolute Gasteiger partial charge is 0.493 e. The van der Waals surface area contributed by atoms with E-state index < -0.39 is 0 Å². The van der Waals surface area contributed by atoms with Gasteiger partial charge in [-0.15, -0.1) is 0 Å². The average Bonchev–Trinajstić information content (AvgIpc) is 3.26. The molecule has 6 nitrogen and oxygen atoms in total. The van der Waals surface area contributed by atoms with Gasteiger partial charge in [-0.25, -0.2) is 0 Å². The zero-order chi connectivity index (χ0) is 18.6. The number of furan rings is 1. The fourth-order valence-electron chi connectivity index (χ4n) is 3.86. The van der Waals surface area contributed by atoms with E-state index >= 15 is 0 Å². The Morgan fingerprint density at radius 2 is 2.11 bits per heavy atom. The molecule has 2 aliphatic heterocycles.